The number of benzene rings is 1. The van der Waals surface area contributed by atoms with E-state index in [1.807, 2.05) is 0 Å². The van der Waals surface area contributed by atoms with E-state index in [9.17, 15) is 9.59 Å². The van der Waals surface area contributed by atoms with Gasteiger partial charge in [0.15, 0.2) is 5.82 Å². The molecule has 0 radical (unpaired) electrons. The van der Waals surface area contributed by atoms with Gasteiger partial charge in [-0.05, 0) is 18.2 Å². The quantitative estimate of drug-likeness (QED) is 0.802. The molecule has 2 aromatic rings. The number of aromatic nitrogens is 2. The summed E-state index contributed by atoms with van der Waals surface area (Å²) in [7, 11) is 1.49. The van der Waals surface area contributed by atoms with Crippen LogP contribution < -0.4 is 20.7 Å². The second-order valence-electron chi connectivity index (χ2n) is 4.27. The molecular formula is C14H15N5O3. The summed E-state index contributed by atoms with van der Waals surface area (Å²) in [6.07, 6.45) is 4.39. The van der Waals surface area contributed by atoms with Crippen LogP contribution in [-0.2, 0) is 4.79 Å². The molecule has 0 bridgehead atoms. The summed E-state index contributed by atoms with van der Waals surface area (Å²) in [5, 5.41) is 7.80. The summed E-state index contributed by atoms with van der Waals surface area (Å²) in [5.41, 5.74) is 0.957. The van der Waals surface area contributed by atoms with Crippen LogP contribution in [0.25, 0.3) is 0 Å². The Bertz CT molecular complexity index is 675. The van der Waals surface area contributed by atoms with Crippen molar-refractivity contribution in [1.82, 2.24) is 9.97 Å². The maximum absolute atomic E-state index is 12.0. The highest BCUT2D eigenvalue weighted by atomic mass is 16.5. The Kier molecular flexibility index (Phi) is 4.86. The van der Waals surface area contributed by atoms with Crippen LogP contribution in [0.5, 0.6) is 5.75 Å². The van der Waals surface area contributed by atoms with Crippen molar-refractivity contribution in [1.29, 1.82) is 0 Å². The van der Waals surface area contributed by atoms with E-state index in [4.69, 9.17) is 4.74 Å². The van der Waals surface area contributed by atoms with Gasteiger partial charge < -0.3 is 15.4 Å². The average molecular weight is 301 g/mol. The molecule has 1 aromatic heterocycles. The van der Waals surface area contributed by atoms with Crippen LogP contribution in [0.4, 0.5) is 22.0 Å². The molecule has 8 heteroatoms. The lowest BCUT2D eigenvalue weighted by atomic mass is 10.2. The van der Waals surface area contributed by atoms with Crippen LogP contribution in [-0.4, -0.2) is 29.0 Å². The standard InChI is InChI=1S/C14H15N5O3/c1-9(20)17-10-3-4-12(22-2)11(7-10)18-14(21)19-13-8-15-5-6-16-13/h3-8H,1-2H3,(H,17,20)(H2,16,18,19,21). The predicted octanol–water partition coefficient (Wildman–Crippen LogP) is 2.09. The molecule has 22 heavy (non-hydrogen) atoms. The first-order valence-electron chi connectivity index (χ1n) is 6.38. The Hall–Kier alpha value is -3.16. The second kappa shape index (κ2) is 7.02. The van der Waals surface area contributed by atoms with E-state index in [1.54, 1.807) is 18.2 Å². The van der Waals surface area contributed by atoms with Gasteiger partial charge in [-0.25, -0.2) is 9.78 Å². The number of methoxy groups -OCH3 is 1. The van der Waals surface area contributed by atoms with Crippen molar-refractivity contribution in [3.63, 3.8) is 0 Å². The van der Waals surface area contributed by atoms with Gasteiger partial charge in [0.05, 0.1) is 19.0 Å². The predicted molar refractivity (Wildman–Crippen MR) is 82.0 cm³/mol. The largest absolute Gasteiger partial charge is 0.495 e. The second-order valence-corrected chi connectivity index (χ2v) is 4.27. The molecule has 0 fully saturated rings. The lowest BCUT2D eigenvalue weighted by Crippen LogP contribution is -2.20. The van der Waals surface area contributed by atoms with Crippen molar-refractivity contribution in [3.05, 3.63) is 36.8 Å². The molecule has 1 heterocycles. The van der Waals surface area contributed by atoms with E-state index in [0.717, 1.165) is 0 Å². The van der Waals surface area contributed by atoms with Gasteiger partial charge >= 0.3 is 6.03 Å². The fourth-order valence-electron chi connectivity index (χ4n) is 1.72. The van der Waals surface area contributed by atoms with Gasteiger partial charge in [0.25, 0.3) is 0 Å². The summed E-state index contributed by atoms with van der Waals surface area (Å²) in [4.78, 5) is 30.8. The van der Waals surface area contributed by atoms with Crippen LogP contribution in [0.1, 0.15) is 6.92 Å². The first-order valence-corrected chi connectivity index (χ1v) is 6.38. The average Bonchev–Trinajstić information content (AvgIpc) is 2.48. The Morgan fingerprint density at radius 1 is 1.14 bits per heavy atom. The highest BCUT2D eigenvalue weighted by Gasteiger charge is 2.10. The first-order chi connectivity index (χ1) is 10.6. The molecular weight excluding hydrogens is 286 g/mol. The van der Waals surface area contributed by atoms with Crippen LogP contribution in [0.15, 0.2) is 36.8 Å². The third-order valence-corrected chi connectivity index (χ3v) is 2.57. The van der Waals surface area contributed by atoms with Gasteiger partial charge in [-0.1, -0.05) is 0 Å². The number of ether oxygens (including phenoxy) is 1. The molecule has 1 aromatic carbocycles. The van der Waals surface area contributed by atoms with Crippen molar-refractivity contribution < 1.29 is 14.3 Å². The summed E-state index contributed by atoms with van der Waals surface area (Å²) in [6.45, 7) is 1.40. The molecule has 2 rings (SSSR count). The van der Waals surface area contributed by atoms with Gasteiger partial charge in [-0.2, -0.15) is 0 Å². The molecule has 0 atom stereocenters. The number of anilines is 3. The summed E-state index contributed by atoms with van der Waals surface area (Å²) in [6, 6.07) is 4.41. The van der Waals surface area contributed by atoms with E-state index < -0.39 is 6.03 Å². The number of carbonyl (C=O) groups is 2. The van der Waals surface area contributed by atoms with Gasteiger partial charge in [0, 0.05) is 25.0 Å². The Morgan fingerprint density at radius 3 is 2.59 bits per heavy atom. The number of carbonyl (C=O) groups excluding carboxylic acids is 2. The fourth-order valence-corrected chi connectivity index (χ4v) is 1.72. The minimum atomic E-state index is -0.501. The fraction of sp³-hybridized carbons (Fsp3) is 0.143. The number of amides is 3. The van der Waals surface area contributed by atoms with Gasteiger partial charge in [-0.15, -0.1) is 0 Å². The Balaban J connectivity index is 2.12. The summed E-state index contributed by atoms with van der Waals surface area (Å²) < 4.78 is 5.17. The third kappa shape index (κ3) is 4.17. The van der Waals surface area contributed by atoms with Crippen molar-refractivity contribution in [3.8, 4) is 5.75 Å². The maximum Gasteiger partial charge on any atom is 0.325 e. The molecule has 0 saturated carbocycles. The summed E-state index contributed by atoms with van der Waals surface area (Å²) >= 11 is 0. The molecule has 3 N–H and O–H groups in total. The van der Waals surface area contributed by atoms with Crippen molar-refractivity contribution in [2.24, 2.45) is 0 Å². The van der Waals surface area contributed by atoms with Crippen LogP contribution >= 0.6 is 0 Å². The van der Waals surface area contributed by atoms with E-state index in [1.165, 1.54) is 32.6 Å². The topological polar surface area (TPSA) is 105 Å². The maximum atomic E-state index is 12.0. The van der Waals surface area contributed by atoms with Crippen molar-refractivity contribution >= 4 is 29.1 Å². The molecule has 0 aliphatic rings. The number of hydrogen-bond acceptors (Lipinski definition) is 5. The number of urea groups is 1. The van der Waals surface area contributed by atoms with E-state index in [2.05, 4.69) is 25.9 Å². The number of hydrogen-bond donors (Lipinski definition) is 3. The molecule has 0 saturated heterocycles. The Morgan fingerprint density at radius 2 is 1.95 bits per heavy atom. The normalized spacial score (nSPS) is 9.73. The smallest absolute Gasteiger partial charge is 0.325 e. The first kappa shape index (κ1) is 15.2. The lowest BCUT2D eigenvalue weighted by Gasteiger charge is -2.12. The SMILES string of the molecule is COc1ccc(NC(C)=O)cc1NC(=O)Nc1cnccn1. The highest BCUT2D eigenvalue weighted by molar-refractivity contribution is 6.00. The van der Waals surface area contributed by atoms with Crippen LogP contribution in [0.2, 0.25) is 0 Å². The Labute approximate surface area is 126 Å². The molecule has 114 valence electrons. The van der Waals surface area contributed by atoms with E-state index in [0.29, 0.717) is 22.9 Å². The zero-order chi connectivity index (χ0) is 15.9. The monoisotopic (exact) mass is 301 g/mol. The highest BCUT2D eigenvalue weighted by Crippen LogP contribution is 2.27. The molecule has 0 aliphatic heterocycles. The molecule has 0 unspecified atom stereocenters. The van der Waals surface area contributed by atoms with E-state index >= 15 is 0 Å². The van der Waals surface area contributed by atoms with Crippen molar-refractivity contribution in [2.45, 2.75) is 6.92 Å². The van der Waals surface area contributed by atoms with Crippen LogP contribution in [0.3, 0.4) is 0 Å². The summed E-state index contributed by atoms with van der Waals surface area (Å²) in [5.74, 6) is 0.570. The molecule has 0 aliphatic carbocycles. The van der Waals surface area contributed by atoms with Gasteiger partial charge in [-0.3, -0.25) is 15.1 Å². The van der Waals surface area contributed by atoms with Crippen molar-refractivity contribution in [2.75, 3.05) is 23.1 Å². The van der Waals surface area contributed by atoms with E-state index in [-0.39, 0.29) is 5.91 Å². The zero-order valence-corrected chi connectivity index (χ0v) is 12.1. The molecule has 0 spiro atoms. The van der Waals surface area contributed by atoms with Gasteiger partial charge in [0.2, 0.25) is 5.91 Å². The number of nitrogens with zero attached hydrogens (tertiary/aromatic N) is 2. The van der Waals surface area contributed by atoms with Crippen LogP contribution in [0, 0.1) is 0 Å². The minimum absolute atomic E-state index is 0.208. The lowest BCUT2D eigenvalue weighted by molar-refractivity contribution is -0.114. The minimum Gasteiger partial charge on any atom is -0.495 e. The molecule has 8 nitrogen and oxygen atoms in total. The molecule has 3 amide bonds. The number of nitrogens with one attached hydrogen (secondary N) is 3. The zero-order valence-electron chi connectivity index (χ0n) is 12.1. The van der Waals surface area contributed by atoms with Gasteiger partial charge in [0.1, 0.15) is 5.75 Å². The third-order valence-electron chi connectivity index (χ3n) is 2.57. The number of rotatable bonds is 4.